The lowest BCUT2D eigenvalue weighted by Crippen LogP contribution is -2.01. The summed E-state index contributed by atoms with van der Waals surface area (Å²) >= 11 is 0. The Morgan fingerprint density at radius 3 is 2.93 bits per heavy atom. The van der Waals surface area contributed by atoms with E-state index in [0.717, 1.165) is 23.2 Å². The van der Waals surface area contributed by atoms with Crippen molar-refractivity contribution in [2.24, 2.45) is 23.2 Å². The zero-order valence-electron chi connectivity index (χ0n) is 9.55. The predicted molar refractivity (Wildman–Crippen MR) is 62.2 cm³/mol. The normalized spacial score (nSPS) is 44.0. The Balaban J connectivity index is 0.000000853. The number of allylic oxidation sites excluding steroid dienone is 2. The topological polar surface area (TPSA) is 0 Å². The third-order valence-electron chi connectivity index (χ3n) is 5.14. The molecule has 14 heavy (non-hydrogen) atoms. The highest BCUT2D eigenvalue weighted by Crippen LogP contribution is 2.84. The second-order valence-electron chi connectivity index (χ2n) is 5.69. The van der Waals surface area contributed by atoms with Crippen LogP contribution in [0.4, 0.5) is 0 Å². The summed E-state index contributed by atoms with van der Waals surface area (Å²) in [4.78, 5) is 0. The van der Waals surface area contributed by atoms with Gasteiger partial charge in [-0.15, -0.1) is 0 Å². The number of hydrogen-bond donors (Lipinski definition) is 0. The summed E-state index contributed by atoms with van der Waals surface area (Å²) in [7, 11) is 0. The Bertz CT molecular complexity index is 281. The minimum Gasteiger partial charge on any atom is -0.0844 e. The van der Waals surface area contributed by atoms with Crippen molar-refractivity contribution >= 4 is 0 Å². The van der Waals surface area contributed by atoms with Crippen LogP contribution in [0.5, 0.6) is 0 Å². The van der Waals surface area contributed by atoms with E-state index in [4.69, 9.17) is 0 Å². The van der Waals surface area contributed by atoms with Crippen molar-refractivity contribution in [1.29, 1.82) is 0 Å². The van der Waals surface area contributed by atoms with Crippen LogP contribution in [-0.2, 0) is 0 Å². The molecule has 4 unspecified atom stereocenters. The Morgan fingerprint density at radius 2 is 2.43 bits per heavy atom. The van der Waals surface area contributed by atoms with Crippen molar-refractivity contribution in [3.05, 3.63) is 11.6 Å². The molecule has 3 rings (SSSR count). The second kappa shape index (κ2) is 2.87. The van der Waals surface area contributed by atoms with Gasteiger partial charge in [0.15, 0.2) is 0 Å². The van der Waals surface area contributed by atoms with Crippen molar-refractivity contribution in [3.63, 3.8) is 0 Å². The molecule has 0 radical (unpaired) electrons. The fraction of sp³-hybridized carbons (Fsp3) is 0.857. The highest BCUT2D eigenvalue weighted by atomic mass is 14.8. The monoisotopic (exact) mass is 192 g/mol. The minimum atomic E-state index is 0. The lowest BCUT2D eigenvalue weighted by molar-refractivity contribution is 0.390. The molecule has 0 heterocycles. The summed E-state index contributed by atoms with van der Waals surface area (Å²) in [6.45, 7) is 4.71. The maximum Gasteiger partial charge on any atom is 0.00151 e. The maximum absolute atomic E-state index is 2.53. The molecular formula is C14H24. The third-order valence-corrected chi connectivity index (χ3v) is 5.14. The smallest absolute Gasteiger partial charge is 0.00151 e. The van der Waals surface area contributed by atoms with Crippen LogP contribution >= 0.6 is 0 Å². The first kappa shape index (κ1) is 9.00. The Kier molecular flexibility index (Phi) is 1.84. The van der Waals surface area contributed by atoms with Crippen LogP contribution in [0.25, 0.3) is 0 Å². The summed E-state index contributed by atoms with van der Waals surface area (Å²) < 4.78 is 0. The molecule has 4 atom stereocenters. The van der Waals surface area contributed by atoms with E-state index >= 15 is 0 Å². The zero-order valence-corrected chi connectivity index (χ0v) is 9.55. The van der Waals surface area contributed by atoms with Gasteiger partial charge in [-0.25, -0.2) is 0 Å². The van der Waals surface area contributed by atoms with Crippen LogP contribution in [0.1, 0.15) is 53.8 Å². The molecule has 1 spiro atoms. The first-order valence-electron chi connectivity index (χ1n) is 6.52. The van der Waals surface area contributed by atoms with Crippen LogP contribution in [0, 0.1) is 23.2 Å². The molecule has 2 saturated carbocycles. The van der Waals surface area contributed by atoms with Gasteiger partial charge >= 0.3 is 0 Å². The molecule has 2 fully saturated rings. The summed E-state index contributed by atoms with van der Waals surface area (Å²) in [5, 5.41) is 0. The molecule has 0 nitrogen and oxygen atoms in total. The van der Waals surface area contributed by atoms with Crippen LogP contribution in [0.15, 0.2) is 11.6 Å². The second-order valence-corrected chi connectivity index (χ2v) is 5.69. The van der Waals surface area contributed by atoms with Gasteiger partial charge in [-0.2, -0.15) is 0 Å². The van der Waals surface area contributed by atoms with Crippen LogP contribution in [0.3, 0.4) is 0 Å². The van der Waals surface area contributed by atoms with Crippen LogP contribution < -0.4 is 0 Å². The van der Waals surface area contributed by atoms with Gasteiger partial charge in [-0.05, 0) is 37.0 Å². The van der Waals surface area contributed by atoms with E-state index in [0.29, 0.717) is 0 Å². The summed E-state index contributed by atoms with van der Waals surface area (Å²) in [5.41, 5.74) is 2.68. The van der Waals surface area contributed by atoms with Crippen molar-refractivity contribution in [3.8, 4) is 0 Å². The molecule has 0 saturated heterocycles. The summed E-state index contributed by atoms with van der Waals surface area (Å²) in [6, 6.07) is 0. The lowest BCUT2D eigenvalue weighted by Gasteiger charge is -2.13. The van der Waals surface area contributed by atoms with Gasteiger partial charge in [-0.1, -0.05) is 44.8 Å². The van der Waals surface area contributed by atoms with E-state index in [9.17, 15) is 0 Å². The van der Waals surface area contributed by atoms with Gasteiger partial charge < -0.3 is 0 Å². The SMILES string of the molecule is CCCC(CC)CC1C2CC=C3CC321.[HH]. The Morgan fingerprint density at radius 1 is 1.57 bits per heavy atom. The molecule has 0 aromatic carbocycles. The van der Waals surface area contributed by atoms with E-state index in [1.165, 1.54) is 32.1 Å². The predicted octanol–water partition coefficient (Wildman–Crippen LogP) is 4.42. The molecule has 0 amide bonds. The first-order valence-corrected chi connectivity index (χ1v) is 6.52. The quantitative estimate of drug-likeness (QED) is 0.566. The fourth-order valence-corrected chi connectivity index (χ4v) is 4.15. The van der Waals surface area contributed by atoms with Crippen molar-refractivity contribution in [2.45, 2.75) is 52.4 Å². The first-order chi connectivity index (χ1) is 6.82. The molecule has 0 aliphatic heterocycles. The van der Waals surface area contributed by atoms with Crippen LogP contribution in [-0.4, -0.2) is 0 Å². The molecule has 0 N–H and O–H groups in total. The van der Waals surface area contributed by atoms with Gasteiger partial charge in [-0.3, -0.25) is 0 Å². The van der Waals surface area contributed by atoms with Gasteiger partial charge in [0.25, 0.3) is 0 Å². The Hall–Kier alpha value is -0.260. The van der Waals surface area contributed by atoms with E-state index in [2.05, 4.69) is 19.9 Å². The molecule has 80 valence electrons. The summed E-state index contributed by atoms with van der Waals surface area (Å²) in [5.74, 6) is 3.27. The van der Waals surface area contributed by atoms with E-state index < -0.39 is 0 Å². The van der Waals surface area contributed by atoms with Gasteiger partial charge in [0.05, 0.1) is 0 Å². The lowest BCUT2D eigenvalue weighted by atomic mass is 9.92. The van der Waals surface area contributed by atoms with Crippen LogP contribution in [0.2, 0.25) is 0 Å². The molecule has 0 aromatic rings. The largest absolute Gasteiger partial charge is 0.0844 e. The molecule has 0 aromatic heterocycles. The standard InChI is InChI=1S/C14H22.H2/c1-3-5-10(4-2)8-13-12-7-6-11-9-14(11,12)13;/h6,10,12-13H,3-5,7-9H2,1-2H3;1H. The fourth-order valence-electron chi connectivity index (χ4n) is 4.15. The average molecular weight is 192 g/mol. The Labute approximate surface area is 89.3 Å². The van der Waals surface area contributed by atoms with Crippen molar-refractivity contribution < 1.29 is 1.43 Å². The molecule has 0 heteroatoms. The number of rotatable bonds is 5. The van der Waals surface area contributed by atoms with E-state index in [1.54, 1.807) is 6.42 Å². The third kappa shape index (κ3) is 1.00. The minimum absolute atomic E-state index is 0. The molecule has 0 bridgehead atoms. The van der Waals surface area contributed by atoms with Crippen molar-refractivity contribution in [2.75, 3.05) is 0 Å². The van der Waals surface area contributed by atoms with E-state index in [-0.39, 0.29) is 1.43 Å². The average Bonchev–Trinajstić information content (AvgIpc) is 3.03. The zero-order chi connectivity index (χ0) is 9.76. The van der Waals surface area contributed by atoms with Crippen molar-refractivity contribution in [1.82, 2.24) is 0 Å². The van der Waals surface area contributed by atoms with Gasteiger partial charge in [0, 0.05) is 6.84 Å². The summed E-state index contributed by atoms with van der Waals surface area (Å²) in [6.07, 6.45) is 11.3. The van der Waals surface area contributed by atoms with Gasteiger partial charge in [0.1, 0.15) is 0 Å². The van der Waals surface area contributed by atoms with Gasteiger partial charge in [0.2, 0.25) is 0 Å². The molecule has 3 aliphatic rings. The molecule has 3 aliphatic carbocycles. The molecular weight excluding hydrogens is 168 g/mol. The highest BCUT2D eigenvalue weighted by Gasteiger charge is 2.76. The highest BCUT2D eigenvalue weighted by molar-refractivity contribution is 5.49. The maximum atomic E-state index is 2.53. The number of hydrogen-bond acceptors (Lipinski definition) is 0. The van der Waals surface area contributed by atoms with E-state index in [1.807, 2.05) is 5.57 Å².